The second-order valence-corrected chi connectivity index (χ2v) is 17.2. The Bertz CT molecular complexity index is 2390. The molecule has 0 N–H and O–H groups in total. The van der Waals surface area contributed by atoms with E-state index >= 15 is 0 Å². The zero-order valence-electron chi connectivity index (χ0n) is 35.9. The highest BCUT2D eigenvalue weighted by molar-refractivity contribution is 6.01. The number of ether oxygens (including phenoxy) is 2. The van der Waals surface area contributed by atoms with Crippen LogP contribution < -0.4 is 9.47 Å². The van der Waals surface area contributed by atoms with E-state index in [0.29, 0.717) is 47.7 Å². The van der Waals surface area contributed by atoms with Gasteiger partial charge in [-0.25, -0.2) is 38.7 Å². The van der Waals surface area contributed by atoms with Crippen molar-refractivity contribution in [3.05, 3.63) is 144 Å². The van der Waals surface area contributed by atoms with Gasteiger partial charge in [0.05, 0.1) is 36.7 Å². The second kappa shape index (κ2) is 19.0. The molecule has 328 valence electrons. The Morgan fingerprint density at radius 1 is 0.547 bits per heavy atom. The minimum atomic E-state index is -0.387. The quantitative estimate of drug-likeness (QED) is 0.131. The van der Waals surface area contributed by atoms with Crippen LogP contribution >= 0.6 is 0 Å². The maximum Gasteiger partial charge on any atom is 0.255 e. The third-order valence-corrected chi connectivity index (χ3v) is 13.1. The lowest BCUT2D eigenvalue weighted by atomic mass is 9.89. The van der Waals surface area contributed by atoms with Gasteiger partial charge in [0.15, 0.2) is 11.6 Å². The lowest BCUT2D eigenvalue weighted by Crippen LogP contribution is -2.49. The van der Waals surface area contributed by atoms with Crippen LogP contribution in [0.4, 0.5) is 8.78 Å². The number of halogens is 2. The van der Waals surface area contributed by atoms with Gasteiger partial charge in [0.1, 0.15) is 11.6 Å². The average molecular weight is 865 g/mol. The summed E-state index contributed by atoms with van der Waals surface area (Å²) in [4.78, 5) is 57.3. The molecule has 4 unspecified atom stereocenters. The van der Waals surface area contributed by atoms with E-state index in [-0.39, 0.29) is 59.5 Å². The number of benzene rings is 2. The molecule has 2 aromatic carbocycles. The summed E-state index contributed by atoms with van der Waals surface area (Å²) >= 11 is 0. The van der Waals surface area contributed by atoms with Gasteiger partial charge in [-0.2, -0.15) is 0 Å². The van der Waals surface area contributed by atoms with Crippen LogP contribution in [0.15, 0.2) is 110 Å². The molecule has 8 heterocycles. The Hall–Kier alpha value is -6.70. The third-order valence-electron chi connectivity index (χ3n) is 13.1. The molecule has 2 amide bonds. The monoisotopic (exact) mass is 864 g/mol. The van der Waals surface area contributed by atoms with E-state index in [0.717, 1.165) is 86.0 Å². The van der Waals surface area contributed by atoms with Crippen LogP contribution in [-0.4, -0.2) is 88.9 Å². The summed E-state index contributed by atoms with van der Waals surface area (Å²) in [6.45, 7) is 4.90. The Labute approximate surface area is 371 Å². The fourth-order valence-electron chi connectivity index (χ4n) is 10.0. The van der Waals surface area contributed by atoms with Crippen molar-refractivity contribution in [3.8, 4) is 34.5 Å². The van der Waals surface area contributed by atoms with Crippen molar-refractivity contribution in [3.63, 3.8) is 0 Å². The summed E-state index contributed by atoms with van der Waals surface area (Å²) in [6.07, 6.45) is 16.9. The topological polar surface area (TPSA) is 136 Å². The first-order valence-electron chi connectivity index (χ1n) is 22.1. The van der Waals surface area contributed by atoms with Crippen molar-refractivity contribution in [2.45, 2.75) is 89.4 Å². The van der Waals surface area contributed by atoms with Crippen LogP contribution in [0.3, 0.4) is 0 Å². The van der Waals surface area contributed by atoms with Crippen LogP contribution in [0.2, 0.25) is 0 Å². The van der Waals surface area contributed by atoms with Gasteiger partial charge in [0, 0.05) is 84.1 Å². The van der Waals surface area contributed by atoms with E-state index in [2.05, 4.69) is 39.7 Å². The third kappa shape index (κ3) is 9.18. The molecule has 0 radical (unpaired) electrons. The first-order valence-corrected chi connectivity index (χ1v) is 22.1. The van der Waals surface area contributed by atoms with Crippen molar-refractivity contribution >= 4 is 11.8 Å². The summed E-state index contributed by atoms with van der Waals surface area (Å²) in [5.74, 6) is 1.66. The number of carbonyl (C=O) groups excluding carboxylic acids is 2. The molecule has 6 atom stereocenters. The standard InChI is InChI=1S/2C25H25FN4O2/c2*1-16-3-8-20(24-27-11-2-12-28-24)21(13-16)25(31)30-19-6-4-17(22(30)9-7-19)15-32-23-10-5-18(26)14-29-23/h2*2-3,5,8,10-14,17,19,22H,4,6-7,9,15H2,1H3/t2*17-,19?,22?/m00/s1. The summed E-state index contributed by atoms with van der Waals surface area (Å²) < 4.78 is 38.0. The first kappa shape index (κ1) is 42.6. The van der Waals surface area contributed by atoms with Crippen LogP contribution in [0.1, 0.15) is 83.2 Å². The zero-order chi connectivity index (χ0) is 44.2. The molecule has 64 heavy (non-hydrogen) atoms. The molecule has 4 aliphatic heterocycles. The minimum absolute atomic E-state index is 0.0354. The molecule has 0 saturated carbocycles. The Kier molecular flexibility index (Phi) is 12.6. The highest BCUT2D eigenvalue weighted by Gasteiger charge is 2.47. The highest BCUT2D eigenvalue weighted by Crippen LogP contribution is 2.43. The highest BCUT2D eigenvalue weighted by atomic mass is 19.1. The normalized spacial score (nSPS) is 22.1. The van der Waals surface area contributed by atoms with Gasteiger partial charge in [0.2, 0.25) is 11.8 Å². The number of fused-ring (bicyclic) bond motifs is 4. The van der Waals surface area contributed by atoms with Crippen LogP contribution in [0, 0.1) is 37.3 Å². The summed E-state index contributed by atoms with van der Waals surface area (Å²) in [7, 11) is 0. The van der Waals surface area contributed by atoms with E-state index in [4.69, 9.17) is 9.47 Å². The predicted octanol–water partition coefficient (Wildman–Crippen LogP) is 8.90. The van der Waals surface area contributed by atoms with Gasteiger partial charge < -0.3 is 19.3 Å². The maximum absolute atomic E-state index is 13.8. The number of aromatic nitrogens is 6. The number of rotatable bonds is 10. The molecule has 14 heteroatoms. The SMILES string of the molecule is Cc1ccc(-c2ncccn2)c(C(=O)N2C3CCC2[C@H](COc2ccc(F)cn2)CC3)c1.Cc1ccc(-c2ncccn2)c(C(=O)N2C3CCC2[C@H](COc2ccc(F)cn2)CC3)c1. The number of aryl methyl sites for hydroxylation is 2. The summed E-state index contributed by atoms with van der Waals surface area (Å²) in [5, 5.41) is 0. The Morgan fingerprint density at radius 2 is 0.953 bits per heavy atom. The van der Waals surface area contributed by atoms with Gasteiger partial charge in [-0.15, -0.1) is 0 Å². The van der Waals surface area contributed by atoms with Crippen LogP contribution in [-0.2, 0) is 0 Å². The maximum atomic E-state index is 13.8. The number of hydrogen-bond donors (Lipinski definition) is 0. The lowest BCUT2D eigenvalue weighted by molar-refractivity contribution is 0.0396. The number of carbonyl (C=O) groups is 2. The molecule has 4 bridgehead atoms. The van der Waals surface area contributed by atoms with Crippen molar-refractivity contribution in [2.75, 3.05) is 13.2 Å². The molecule has 4 aromatic heterocycles. The summed E-state index contributed by atoms with van der Waals surface area (Å²) in [6, 6.07) is 21.8. The van der Waals surface area contributed by atoms with Crippen molar-refractivity contribution in [1.82, 2.24) is 39.7 Å². The van der Waals surface area contributed by atoms with Gasteiger partial charge in [-0.1, -0.05) is 35.4 Å². The van der Waals surface area contributed by atoms with Crippen molar-refractivity contribution in [2.24, 2.45) is 11.8 Å². The van der Waals surface area contributed by atoms with Crippen molar-refractivity contribution < 1.29 is 27.8 Å². The number of amides is 2. The number of nitrogens with zero attached hydrogens (tertiary/aromatic N) is 8. The van der Waals surface area contributed by atoms with Gasteiger partial charge in [-0.3, -0.25) is 9.59 Å². The summed E-state index contributed by atoms with van der Waals surface area (Å²) in [5.41, 5.74) is 4.87. The lowest BCUT2D eigenvalue weighted by Gasteiger charge is -2.40. The molecule has 6 aromatic rings. The predicted molar refractivity (Wildman–Crippen MR) is 235 cm³/mol. The average Bonchev–Trinajstić information content (AvgIpc) is 3.81. The van der Waals surface area contributed by atoms with E-state index in [1.165, 1.54) is 24.3 Å². The molecular formula is C50H50F2N8O4. The molecule has 10 rings (SSSR count). The fourth-order valence-corrected chi connectivity index (χ4v) is 10.0. The van der Waals surface area contributed by atoms with E-state index in [1.807, 2.05) is 50.2 Å². The minimum Gasteiger partial charge on any atom is -0.477 e. The first-order chi connectivity index (χ1) is 31.2. The molecule has 12 nitrogen and oxygen atoms in total. The van der Waals surface area contributed by atoms with Gasteiger partial charge in [-0.05, 0) is 102 Å². The Morgan fingerprint density at radius 3 is 1.34 bits per heavy atom. The molecule has 4 fully saturated rings. The smallest absolute Gasteiger partial charge is 0.255 e. The number of hydrogen-bond acceptors (Lipinski definition) is 10. The molecule has 0 spiro atoms. The fraction of sp³-hybridized carbons (Fsp3) is 0.360. The van der Waals surface area contributed by atoms with E-state index in [9.17, 15) is 18.4 Å². The molecule has 4 aliphatic rings. The zero-order valence-corrected chi connectivity index (χ0v) is 35.9. The largest absolute Gasteiger partial charge is 0.477 e. The van der Waals surface area contributed by atoms with E-state index in [1.54, 1.807) is 36.9 Å². The number of piperidine rings is 2. The molecule has 0 aliphatic carbocycles. The van der Waals surface area contributed by atoms with Gasteiger partial charge >= 0.3 is 0 Å². The molecule has 4 saturated heterocycles. The van der Waals surface area contributed by atoms with Crippen LogP contribution in [0.25, 0.3) is 22.8 Å². The van der Waals surface area contributed by atoms with Gasteiger partial charge in [0.25, 0.3) is 11.8 Å². The van der Waals surface area contributed by atoms with Crippen molar-refractivity contribution in [1.29, 1.82) is 0 Å². The number of pyridine rings is 2. The second-order valence-electron chi connectivity index (χ2n) is 17.2. The Balaban J connectivity index is 0.000000162. The molecular weight excluding hydrogens is 815 g/mol. The van der Waals surface area contributed by atoms with E-state index < -0.39 is 0 Å². The van der Waals surface area contributed by atoms with Crippen LogP contribution in [0.5, 0.6) is 11.8 Å².